The van der Waals surface area contributed by atoms with Crippen molar-refractivity contribution in [2.75, 3.05) is 5.88 Å². The minimum absolute atomic E-state index is 0.0101. The zero-order chi connectivity index (χ0) is 18.0. The van der Waals surface area contributed by atoms with Gasteiger partial charge in [0, 0.05) is 31.1 Å². The summed E-state index contributed by atoms with van der Waals surface area (Å²) in [7, 11) is 0. The second-order valence-electron chi connectivity index (χ2n) is 9.65. The van der Waals surface area contributed by atoms with Crippen LogP contribution < -0.4 is 0 Å². The van der Waals surface area contributed by atoms with Crippen molar-refractivity contribution in [2.45, 2.75) is 65.2 Å². The monoisotopic (exact) mass is 364 g/mol. The summed E-state index contributed by atoms with van der Waals surface area (Å²) in [6, 6.07) is 0. The Morgan fingerprint density at radius 3 is 2.60 bits per heavy atom. The summed E-state index contributed by atoms with van der Waals surface area (Å²) < 4.78 is 0. The van der Waals surface area contributed by atoms with Crippen molar-refractivity contribution >= 4 is 29.0 Å². The number of carbonyl (C=O) groups is 3. The van der Waals surface area contributed by atoms with Gasteiger partial charge in [-0.15, -0.1) is 11.6 Å². The summed E-state index contributed by atoms with van der Waals surface area (Å²) in [5, 5.41) is 0. The lowest BCUT2D eigenvalue weighted by atomic mass is 9.44. The van der Waals surface area contributed by atoms with E-state index >= 15 is 0 Å². The predicted molar refractivity (Wildman–Crippen MR) is 96.3 cm³/mol. The molecule has 4 aliphatic rings. The fourth-order valence-corrected chi connectivity index (χ4v) is 7.67. The highest BCUT2D eigenvalue weighted by Gasteiger charge is 2.63. The number of halogens is 1. The molecule has 4 rings (SSSR count). The molecule has 0 N–H and O–H groups in total. The first kappa shape index (κ1) is 17.7. The molecule has 0 aromatic heterocycles. The van der Waals surface area contributed by atoms with E-state index in [1.54, 1.807) is 0 Å². The van der Waals surface area contributed by atoms with Crippen LogP contribution >= 0.6 is 11.6 Å². The highest BCUT2D eigenvalue weighted by Crippen LogP contribution is 2.66. The van der Waals surface area contributed by atoms with E-state index < -0.39 is 0 Å². The van der Waals surface area contributed by atoms with Crippen molar-refractivity contribution in [3.05, 3.63) is 0 Å². The maximum absolute atomic E-state index is 13.3. The van der Waals surface area contributed by atoms with Gasteiger partial charge in [-0.05, 0) is 60.7 Å². The molecule has 0 amide bonds. The molecule has 0 aromatic rings. The van der Waals surface area contributed by atoms with Gasteiger partial charge in [-0.2, -0.15) is 0 Å². The SMILES string of the molecule is C[C@]12CCC(=O)C[C@@H]1CC[C@H]1[C@@H]3CC[C@H](C(=O)CCl)[C@@]3(C)CC(=O)[C@@H]12. The molecule has 0 bridgehead atoms. The summed E-state index contributed by atoms with van der Waals surface area (Å²) >= 11 is 5.86. The van der Waals surface area contributed by atoms with Gasteiger partial charge in [-0.25, -0.2) is 0 Å². The average molecular weight is 365 g/mol. The second kappa shape index (κ2) is 5.90. The number of Topliss-reactive ketones (excluding diaryl/α,β-unsaturated/α-hetero) is 3. The van der Waals surface area contributed by atoms with Crippen molar-refractivity contribution in [3.8, 4) is 0 Å². The second-order valence-corrected chi connectivity index (χ2v) is 9.92. The van der Waals surface area contributed by atoms with Crippen molar-refractivity contribution in [1.29, 1.82) is 0 Å². The van der Waals surface area contributed by atoms with Crippen LogP contribution in [0.25, 0.3) is 0 Å². The molecule has 0 aromatic carbocycles. The summed E-state index contributed by atoms with van der Waals surface area (Å²) in [6.45, 7) is 4.45. The number of hydrogen-bond acceptors (Lipinski definition) is 3. The maximum atomic E-state index is 13.3. The Kier molecular flexibility index (Phi) is 4.18. The van der Waals surface area contributed by atoms with Crippen LogP contribution in [0.5, 0.6) is 0 Å². The highest BCUT2D eigenvalue weighted by molar-refractivity contribution is 6.28. The number of ketones is 3. The minimum atomic E-state index is -0.197. The van der Waals surface area contributed by atoms with Crippen LogP contribution in [-0.4, -0.2) is 23.2 Å². The average Bonchev–Trinajstić information content (AvgIpc) is 2.91. The largest absolute Gasteiger partial charge is 0.300 e. The molecule has 0 saturated heterocycles. The first-order chi connectivity index (χ1) is 11.8. The Morgan fingerprint density at radius 1 is 1.12 bits per heavy atom. The van der Waals surface area contributed by atoms with E-state index in [0.717, 1.165) is 32.1 Å². The van der Waals surface area contributed by atoms with Gasteiger partial charge in [0.05, 0.1) is 5.88 Å². The maximum Gasteiger partial charge on any atom is 0.151 e. The van der Waals surface area contributed by atoms with Crippen molar-refractivity contribution in [2.24, 2.45) is 40.4 Å². The molecule has 4 saturated carbocycles. The van der Waals surface area contributed by atoms with Crippen LogP contribution in [-0.2, 0) is 14.4 Å². The Morgan fingerprint density at radius 2 is 1.88 bits per heavy atom. The molecule has 7 atom stereocenters. The molecule has 3 nitrogen and oxygen atoms in total. The van der Waals surface area contributed by atoms with E-state index in [1.807, 2.05) is 0 Å². The number of fused-ring (bicyclic) bond motifs is 5. The van der Waals surface area contributed by atoms with Crippen molar-refractivity contribution < 1.29 is 14.4 Å². The van der Waals surface area contributed by atoms with Crippen LogP contribution in [0.4, 0.5) is 0 Å². The number of hydrogen-bond donors (Lipinski definition) is 0. The molecule has 0 unspecified atom stereocenters. The molecular weight excluding hydrogens is 336 g/mol. The lowest BCUT2D eigenvalue weighted by Crippen LogP contribution is -2.57. The zero-order valence-corrected chi connectivity index (χ0v) is 16.1. The van der Waals surface area contributed by atoms with Gasteiger partial charge in [-0.1, -0.05) is 13.8 Å². The number of carbonyl (C=O) groups excluding carboxylic acids is 3. The first-order valence-corrected chi connectivity index (χ1v) is 10.5. The summed E-state index contributed by atoms with van der Waals surface area (Å²) in [4.78, 5) is 37.7. The van der Waals surface area contributed by atoms with Crippen LogP contribution in [0.2, 0.25) is 0 Å². The van der Waals surface area contributed by atoms with E-state index in [1.165, 1.54) is 0 Å². The molecule has 0 heterocycles. The van der Waals surface area contributed by atoms with Crippen LogP contribution in [0.3, 0.4) is 0 Å². The highest BCUT2D eigenvalue weighted by atomic mass is 35.5. The number of alkyl halides is 1. The quantitative estimate of drug-likeness (QED) is 0.690. The lowest BCUT2D eigenvalue weighted by molar-refractivity contribution is -0.161. The van der Waals surface area contributed by atoms with Gasteiger partial charge < -0.3 is 0 Å². The summed E-state index contributed by atoms with van der Waals surface area (Å²) in [6.07, 6.45) is 6.77. The van der Waals surface area contributed by atoms with Crippen LogP contribution in [0, 0.1) is 40.4 Å². The first-order valence-electron chi connectivity index (χ1n) is 9.94. The third-order valence-corrected chi connectivity index (χ3v) is 8.95. The molecule has 4 aliphatic carbocycles. The van der Waals surface area contributed by atoms with Crippen LogP contribution in [0.1, 0.15) is 65.2 Å². The summed E-state index contributed by atoms with van der Waals surface area (Å²) in [5.41, 5.74) is -0.207. The van der Waals surface area contributed by atoms with E-state index in [4.69, 9.17) is 11.6 Å². The van der Waals surface area contributed by atoms with E-state index in [9.17, 15) is 14.4 Å². The van der Waals surface area contributed by atoms with Crippen molar-refractivity contribution in [3.63, 3.8) is 0 Å². The van der Waals surface area contributed by atoms with E-state index in [0.29, 0.717) is 48.6 Å². The molecule has 138 valence electrons. The molecule has 0 spiro atoms. The van der Waals surface area contributed by atoms with E-state index in [-0.39, 0.29) is 34.3 Å². The molecule has 0 radical (unpaired) electrons. The Bertz CT molecular complexity index is 629. The normalized spacial score (nSPS) is 49.3. The Balaban J connectivity index is 1.67. The van der Waals surface area contributed by atoms with Crippen molar-refractivity contribution in [1.82, 2.24) is 0 Å². The zero-order valence-electron chi connectivity index (χ0n) is 15.4. The van der Waals surface area contributed by atoms with Gasteiger partial charge in [0.2, 0.25) is 0 Å². The Labute approximate surface area is 155 Å². The van der Waals surface area contributed by atoms with Gasteiger partial charge >= 0.3 is 0 Å². The van der Waals surface area contributed by atoms with Gasteiger partial charge in [0.1, 0.15) is 11.6 Å². The molecule has 0 aliphatic heterocycles. The fraction of sp³-hybridized carbons (Fsp3) is 0.857. The predicted octanol–water partition coefficient (Wildman–Crippen LogP) is 4.20. The number of rotatable bonds is 2. The smallest absolute Gasteiger partial charge is 0.151 e. The molecular formula is C21H29ClO3. The fourth-order valence-electron chi connectivity index (χ4n) is 7.48. The summed E-state index contributed by atoms with van der Waals surface area (Å²) in [5.74, 6) is 2.22. The molecule has 4 fully saturated rings. The lowest BCUT2D eigenvalue weighted by Gasteiger charge is -2.59. The standard InChI is InChI=1S/C21H29ClO3/c1-20-8-7-13(23)9-12(20)3-4-14-15-5-6-16(18(25)11-22)21(15,2)10-17(24)19(14)20/h12,14-16,19H,3-11H2,1-2H3/t12-,14-,15-,16+,19+,20-,21-/m0/s1. The third-order valence-electron chi connectivity index (χ3n) is 8.68. The van der Waals surface area contributed by atoms with Gasteiger partial charge in [0.15, 0.2) is 5.78 Å². The van der Waals surface area contributed by atoms with Gasteiger partial charge in [0.25, 0.3) is 0 Å². The topological polar surface area (TPSA) is 51.2 Å². The molecule has 25 heavy (non-hydrogen) atoms. The van der Waals surface area contributed by atoms with Crippen LogP contribution in [0.15, 0.2) is 0 Å². The minimum Gasteiger partial charge on any atom is -0.300 e. The van der Waals surface area contributed by atoms with Gasteiger partial charge in [-0.3, -0.25) is 14.4 Å². The molecule has 4 heteroatoms. The Hall–Kier alpha value is -0.700. The third kappa shape index (κ3) is 2.40. The van der Waals surface area contributed by atoms with E-state index in [2.05, 4.69) is 13.8 Å².